The van der Waals surface area contributed by atoms with Gasteiger partial charge in [0.25, 0.3) is 5.91 Å². The standard InChI is InChI=1S/C20H20FN3O4S2/c1-4-28-16-10-9-13(11-18(16)30(26,27)24(2)3)23-19(25)17-12-22-20(29-17)14-7-5-6-8-15(14)21/h5-12H,4H2,1-3H3,(H,23,25). The molecule has 1 amide bonds. The van der Waals surface area contributed by atoms with E-state index >= 15 is 0 Å². The average molecular weight is 450 g/mol. The SMILES string of the molecule is CCOc1ccc(NC(=O)c2cnc(-c3ccccc3F)s2)cc1S(=O)(=O)N(C)C. The minimum absolute atomic E-state index is 0.0523. The first kappa shape index (κ1) is 21.9. The van der Waals surface area contributed by atoms with Crippen LogP contribution in [0.15, 0.2) is 53.6 Å². The largest absolute Gasteiger partial charge is 0.492 e. The molecule has 1 aromatic heterocycles. The van der Waals surface area contributed by atoms with Crippen LogP contribution < -0.4 is 10.1 Å². The molecule has 0 unspecified atom stereocenters. The molecule has 0 aliphatic rings. The highest BCUT2D eigenvalue weighted by Crippen LogP contribution is 2.31. The Morgan fingerprint density at radius 1 is 1.23 bits per heavy atom. The lowest BCUT2D eigenvalue weighted by molar-refractivity contribution is 0.103. The summed E-state index contributed by atoms with van der Waals surface area (Å²) in [5.74, 6) is -0.708. The van der Waals surface area contributed by atoms with Gasteiger partial charge in [0.05, 0.1) is 12.8 Å². The Labute approximate surface area is 178 Å². The Morgan fingerprint density at radius 3 is 2.63 bits per heavy atom. The lowest BCUT2D eigenvalue weighted by atomic mass is 10.2. The Balaban J connectivity index is 1.88. The van der Waals surface area contributed by atoms with E-state index in [1.807, 2.05) is 0 Å². The van der Waals surface area contributed by atoms with Crippen LogP contribution in [0.25, 0.3) is 10.6 Å². The summed E-state index contributed by atoms with van der Waals surface area (Å²) in [4.78, 5) is 17.0. The molecule has 158 valence electrons. The van der Waals surface area contributed by atoms with E-state index in [1.165, 1.54) is 38.5 Å². The van der Waals surface area contributed by atoms with Gasteiger partial charge in [-0.05, 0) is 37.3 Å². The van der Waals surface area contributed by atoms with Crippen LogP contribution in [-0.4, -0.2) is 44.3 Å². The minimum atomic E-state index is -3.78. The van der Waals surface area contributed by atoms with Crippen LogP contribution in [0.4, 0.5) is 10.1 Å². The molecule has 2 aromatic carbocycles. The van der Waals surface area contributed by atoms with Gasteiger partial charge in [0.1, 0.15) is 26.3 Å². The third kappa shape index (κ3) is 4.50. The van der Waals surface area contributed by atoms with E-state index in [2.05, 4.69) is 10.3 Å². The Hall–Kier alpha value is -2.82. The summed E-state index contributed by atoms with van der Waals surface area (Å²) in [6.45, 7) is 2.04. The molecular formula is C20H20FN3O4S2. The molecular weight excluding hydrogens is 429 g/mol. The first-order valence-corrected chi connectivity index (χ1v) is 11.2. The van der Waals surface area contributed by atoms with Gasteiger partial charge in [-0.15, -0.1) is 11.3 Å². The molecule has 30 heavy (non-hydrogen) atoms. The first-order valence-electron chi connectivity index (χ1n) is 8.95. The van der Waals surface area contributed by atoms with E-state index in [4.69, 9.17) is 4.74 Å². The highest BCUT2D eigenvalue weighted by Gasteiger charge is 2.23. The molecule has 0 saturated carbocycles. The van der Waals surface area contributed by atoms with Crippen molar-refractivity contribution < 1.29 is 22.3 Å². The predicted octanol–water partition coefficient (Wildman–Crippen LogP) is 3.85. The number of nitrogens with zero attached hydrogens (tertiary/aromatic N) is 2. The molecule has 0 aliphatic carbocycles. The molecule has 3 rings (SSSR count). The molecule has 0 bridgehead atoms. The van der Waals surface area contributed by atoms with Gasteiger partial charge in [-0.2, -0.15) is 0 Å². The maximum atomic E-state index is 13.9. The zero-order chi connectivity index (χ0) is 21.9. The molecule has 0 spiro atoms. The number of sulfonamides is 1. The molecule has 1 N–H and O–H groups in total. The van der Waals surface area contributed by atoms with Gasteiger partial charge in [0.15, 0.2) is 0 Å². The summed E-state index contributed by atoms with van der Waals surface area (Å²) in [5.41, 5.74) is 0.590. The minimum Gasteiger partial charge on any atom is -0.492 e. The van der Waals surface area contributed by atoms with Crippen molar-refractivity contribution in [1.82, 2.24) is 9.29 Å². The van der Waals surface area contributed by atoms with Crippen LogP contribution in [0, 0.1) is 5.82 Å². The summed E-state index contributed by atoms with van der Waals surface area (Å²) in [7, 11) is -0.955. The smallest absolute Gasteiger partial charge is 0.267 e. The number of anilines is 1. The molecule has 7 nitrogen and oxygen atoms in total. The van der Waals surface area contributed by atoms with E-state index in [-0.39, 0.29) is 21.2 Å². The number of rotatable bonds is 7. The topological polar surface area (TPSA) is 88.6 Å². The van der Waals surface area contributed by atoms with Crippen molar-refractivity contribution in [3.05, 3.63) is 59.4 Å². The number of aromatic nitrogens is 1. The van der Waals surface area contributed by atoms with Crippen molar-refractivity contribution in [2.24, 2.45) is 0 Å². The maximum Gasteiger partial charge on any atom is 0.267 e. The van der Waals surface area contributed by atoms with Crippen LogP contribution in [0.1, 0.15) is 16.6 Å². The number of ether oxygens (including phenoxy) is 1. The van der Waals surface area contributed by atoms with Crippen LogP contribution in [0.2, 0.25) is 0 Å². The number of hydrogen-bond acceptors (Lipinski definition) is 6. The number of nitrogens with one attached hydrogen (secondary N) is 1. The second-order valence-electron chi connectivity index (χ2n) is 6.35. The van der Waals surface area contributed by atoms with Crippen LogP contribution in [0.3, 0.4) is 0 Å². The summed E-state index contributed by atoms with van der Waals surface area (Å²) in [5, 5.41) is 3.03. The lowest BCUT2D eigenvalue weighted by Gasteiger charge is -2.16. The zero-order valence-electron chi connectivity index (χ0n) is 16.5. The lowest BCUT2D eigenvalue weighted by Crippen LogP contribution is -2.23. The third-order valence-corrected chi connectivity index (χ3v) is 6.96. The van der Waals surface area contributed by atoms with Gasteiger partial charge in [-0.25, -0.2) is 22.1 Å². The van der Waals surface area contributed by atoms with Crippen molar-refractivity contribution >= 4 is 33.0 Å². The van der Waals surface area contributed by atoms with E-state index in [1.54, 1.807) is 31.2 Å². The second-order valence-corrected chi connectivity index (χ2v) is 9.50. The summed E-state index contributed by atoms with van der Waals surface area (Å²) in [6, 6.07) is 10.6. The number of halogens is 1. The van der Waals surface area contributed by atoms with Crippen molar-refractivity contribution in [3.8, 4) is 16.3 Å². The number of thiazole rings is 1. The summed E-state index contributed by atoms with van der Waals surface area (Å²) < 4.78 is 45.7. The van der Waals surface area contributed by atoms with Gasteiger partial charge in [-0.3, -0.25) is 4.79 Å². The Bertz CT molecular complexity index is 1180. The predicted molar refractivity (Wildman–Crippen MR) is 114 cm³/mol. The Kier molecular flexibility index (Phi) is 6.49. The van der Waals surface area contributed by atoms with Crippen LogP contribution in [-0.2, 0) is 10.0 Å². The second kappa shape index (κ2) is 8.90. The van der Waals surface area contributed by atoms with Crippen molar-refractivity contribution in [1.29, 1.82) is 0 Å². The van der Waals surface area contributed by atoms with E-state index in [0.717, 1.165) is 15.6 Å². The van der Waals surface area contributed by atoms with Gasteiger partial charge in [0.2, 0.25) is 10.0 Å². The third-order valence-electron chi connectivity index (χ3n) is 4.09. The van der Waals surface area contributed by atoms with Gasteiger partial charge in [-0.1, -0.05) is 12.1 Å². The number of benzene rings is 2. The molecule has 1 heterocycles. The van der Waals surface area contributed by atoms with Gasteiger partial charge < -0.3 is 10.1 Å². The molecule has 0 atom stereocenters. The average Bonchev–Trinajstić information content (AvgIpc) is 3.19. The van der Waals surface area contributed by atoms with Gasteiger partial charge >= 0.3 is 0 Å². The fraction of sp³-hybridized carbons (Fsp3) is 0.200. The number of carbonyl (C=O) groups is 1. The van der Waals surface area contributed by atoms with Gasteiger partial charge in [0, 0.05) is 25.3 Å². The first-order chi connectivity index (χ1) is 14.2. The summed E-state index contributed by atoms with van der Waals surface area (Å²) in [6.07, 6.45) is 1.35. The quantitative estimate of drug-likeness (QED) is 0.592. The normalized spacial score (nSPS) is 11.5. The monoisotopic (exact) mass is 449 g/mol. The molecule has 10 heteroatoms. The molecule has 0 aliphatic heterocycles. The maximum absolute atomic E-state index is 13.9. The number of hydrogen-bond donors (Lipinski definition) is 1. The molecule has 3 aromatic rings. The van der Waals surface area contributed by atoms with Crippen molar-refractivity contribution in [3.63, 3.8) is 0 Å². The highest BCUT2D eigenvalue weighted by molar-refractivity contribution is 7.89. The van der Waals surface area contributed by atoms with Crippen molar-refractivity contribution in [2.45, 2.75) is 11.8 Å². The molecule has 0 saturated heterocycles. The molecule has 0 radical (unpaired) electrons. The Morgan fingerprint density at radius 2 is 1.97 bits per heavy atom. The van der Waals surface area contributed by atoms with Crippen molar-refractivity contribution in [2.75, 3.05) is 26.0 Å². The van der Waals surface area contributed by atoms with E-state index < -0.39 is 21.7 Å². The zero-order valence-corrected chi connectivity index (χ0v) is 18.2. The van der Waals surface area contributed by atoms with E-state index in [9.17, 15) is 17.6 Å². The fourth-order valence-corrected chi connectivity index (χ4v) is 4.48. The van der Waals surface area contributed by atoms with E-state index in [0.29, 0.717) is 17.2 Å². The van der Waals surface area contributed by atoms with Crippen LogP contribution in [0.5, 0.6) is 5.75 Å². The fourth-order valence-electron chi connectivity index (χ4n) is 2.59. The number of carbonyl (C=O) groups excluding carboxylic acids is 1. The summed E-state index contributed by atoms with van der Waals surface area (Å²) >= 11 is 1.04. The molecule has 0 fully saturated rings. The highest BCUT2D eigenvalue weighted by atomic mass is 32.2. The number of amides is 1. The van der Waals surface area contributed by atoms with Crippen LogP contribution >= 0.6 is 11.3 Å².